The maximum Gasteiger partial charge on any atom is 0.338 e. The third kappa shape index (κ3) is 6.62. The van der Waals surface area contributed by atoms with E-state index >= 15 is 0 Å². The van der Waals surface area contributed by atoms with Crippen LogP contribution in [0.15, 0.2) is 12.1 Å². The lowest BCUT2D eigenvalue weighted by Crippen LogP contribution is -2.16. The molecule has 0 aliphatic carbocycles. The molecule has 0 unspecified atom stereocenters. The van der Waals surface area contributed by atoms with Crippen LogP contribution in [-0.2, 0) is 9.53 Å². The van der Waals surface area contributed by atoms with E-state index in [1.807, 2.05) is 25.9 Å². The first-order valence-corrected chi connectivity index (χ1v) is 8.21. The first-order valence-electron chi connectivity index (χ1n) is 8.21. The summed E-state index contributed by atoms with van der Waals surface area (Å²) in [5.74, 6) is -0.236. The van der Waals surface area contributed by atoms with Crippen molar-refractivity contribution in [2.45, 2.75) is 26.2 Å². The van der Waals surface area contributed by atoms with Gasteiger partial charge in [0.1, 0.15) is 0 Å². The smallest absolute Gasteiger partial charge is 0.338 e. The molecule has 0 saturated heterocycles. The number of nitrogens with zero attached hydrogens (tertiary/aromatic N) is 1. The average molecular weight is 353 g/mol. The number of esters is 2. The topological polar surface area (TPSA) is 74.3 Å². The summed E-state index contributed by atoms with van der Waals surface area (Å²) in [4.78, 5) is 26.0. The number of methoxy groups -OCH3 is 2. The van der Waals surface area contributed by atoms with Gasteiger partial charge in [-0.05, 0) is 39.1 Å². The van der Waals surface area contributed by atoms with E-state index < -0.39 is 11.9 Å². The minimum atomic E-state index is -0.484. The molecule has 0 heterocycles. The third-order valence-corrected chi connectivity index (χ3v) is 3.35. The molecule has 0 saturated carbocycles. The Bertz CT molecular complexity index is 560. The normalized spacial score (nSPS) is 10.5. The highest BCUT2D eigenvalue weighted by Gasteiger charge is 2.20. The molecule has 7 nitrogen and oxygen atoms in total. The zero-order chi connectivity index (χ0) is 18.8. The Hall–Kier alpha value is -2.28. The van der Waals surface area contributed by atoms with Crippen LogP contribution in [0.25, 0.3) is 0 Å². The van der Waals surface area contributed by atoms with Crippen molar-refractivity contribution in [3.8, 4) is 17.2 Å². The number of ether oxygens (including phenoxy) is 4. The van der Waals surface area contributed by atoms with E-state index in [-0.39, 0.29) is 29.2 Å². The number of carbonyl (C=O) groups is 2. The fourth-order valence-electron chi connectivity index (χ4n) is 2.10. The Labute approximate surface area is 148 Å². The Balaban J connectivity index is 2.92. The molecule has 1 aromatic rings. The first kappa shape index (κ1) is 20.8. The summed E-state index contributed by atoms with van der Waals surface area (Å²) in [6, 6.07) is 2.96. The largest absolute Gasteiger partial charge is 0.493 e. The number of rotatable bonds is 10. The molecule has 1 aromatic carbocycles. The SMILES string of the molecule is CCCC(=O)Oc1c(OC)cc(C(=O)OCCCN(C)C)cc1OC. The van der Waals surface area contributed by atoms with Crippen LogP contribution in [-0.4, -0.2) is 58.3 Å². The number of hydrogen-bond acceptors (Lipinski definition) is 7. The molecule has 0 N–H and O–H groups in total. The van der Waals surface area contributed by atoms with Gasteiger partial charge in [-0.25, -0.2) is 4.79 Å². The highest BCUT2D eigenvalue weighted by molar-refractivity contribution is 5.91. The second-order valence-corrected chi connectivity index (χ2v) is 5.73. The van der Waals surface area contributed by atoms with E-state index in [0.29, 0.717) is 13.0 Å². The lowest BCUT2D eigenvalue weighted by atomic mass is 10.2. The monoisotopic (exact) mass is 353 g/mol. The van der Waals surface area contributed by atoms with Crippen molar-refractivity contribution in [3.63, 3.8) is 0 Å². The summed E-state index contributed by atoms with van der Waals surface area (Å²) in [7, 11) is 6.77. The molecule has 0 bridgehead atoms. The van der Waals surface area contributed by atoms with E-state index in [4.69, 9.17) is 18.9 Å². The maximum atomic E-state index is 12.2. The van der Waals surface area contributed by atoms with Crippen molar-refractivity contribution in [2.24, 2.45) is 0 Å². The number of hydrogen-bond donors (Lipinski definition) is 0. The molecule has 0 aliphatic rings. The van der Waals surface area contributed by atoms with Gasteiger partial charge in [0, 0.05) is 13.0 Å². The molecule has 0 spiro atoms. The van der Waals surface area contributed by atoms with Crippen LogP contribution in [0.5, 0.6) is 17.2 Å². The van der Waals surface area contributed by atoms with Crippen molar-refractivity contribution >= 4 is 11.9 Å². The molecule has 0 fully saturated rings. The summed E-state index contributed by atoms with van der Waals surface area (Å²) in [6.07, 6.45) is 1.68. The van der Waals surface area contributed by atoms with E-state index in [9.17, 15) is 9.59 Å². The lowest BCUT2D eigenvalue weighted by molar-refractivity contribution is -0.134. The van der Waals surface area contributed by atoms with Gasteiger partial charge < -0.3 is 23.8 Å². The predicted molar refractivity (Wildman–Crippen MR) is 93.5 cm³/mol. The van der Waals surface area contributed by atoms with Crippen LogP contribution >= 0.6 is 0 Å². The standard InChI is InChI=1S/C18H27NO6/c1-6-8-16(20)25-17-14(22-4)11-13(12-15(17)23-5)18(21)24-10-7-9-19(2)3/h11-12H,6-10H2,1-5H3. The van der Waals surface area contributed by atoms with Gasteiger partial charge in [-0.15, -0.1) is 0 Å². The third-order valence-electron chi connectivity index (χ3n) is 3.35. The molecule has 0 aliphatic heterocycles. The van der Waals surface area contributed by atoms with Gasteiger partial charge in [-0.2, -0.15) is 0 Å². The van der Waals surface area contributed by atoms with E-state index in [1.54, 1.807) is 0 Å². The summed E-state index contributed by atoms with van der Waals surface area (Å²) < 4.78 is 21.1. The Kier molecular flexibility index (Phi) is 8.77. The summed E-state index contributed by atoms with van der Waals surface area (Å²) in [5, 5.41) is 0. The summed E-state index contributed by atoms with van der Waals surface area (Å²) in [6.45, 7) is 3.02. The van der Waals surface area contributed by atoms with Gasteiger partial charge in [0.2, 0.25) is 5.75 Å². The van der Waals surface area contributed by atoms with E-state index in [1.165, 1.54) is 26.4 Å². The van der Waals surface area contributed by atoms with Gasteiger partial charge in [-0.3, -0.25) is 4.79 Å². The minimum Gasteiger partial charge on any atom is -0.493 e. The quantitative estimate of drug-likeness (QED) is 0.363. The zero-order valence-electron chi connectivity index (χ0n) is 15.6. The van der Waals surface area contributed by atoms with Crippen LogP contribution < -0.4 is 14.2 Å². The van der Waals surface area contributed by atoms with Crippen molar-refractivity contribution in [3.05, 3.63) is 17.7 Å². The Morgan fingerprint density at radius 3 is 2.16 bits per heavy atom. The van der Waals surface area contributed by atoms with E-state index in [2.05, 4.69) is 0 Å². The number of benzene rings is 1. The fraction of sp³-hybridized carbons (Fsp3) is 0.556. The van der Waals surface area contributed by atoms with Crippen molar-refractivity contribution in [2.75, 3.05) is 41.5 Å². The molecule has 7 heteroatoms. The van der Waals surface area contributed by atoms with Gasteiger partial charge in [0.25, 0.3) is 0 Å². The van der Waals surface area contributed by atoms with Crippen molar-refractivity contribution in [1.29, 1.82) is 0 Å². The second-order valence-electron chi connectivity index (χ2n) is 5.73. The molecule has 0 aromatic heterocycles. The Morgan fingerprint density at radius 2 is 1.68 bits per heavy atom. The van der Waals surface area contributed by atoms with Gasteiger partial charge in [0.15, 0.2) is 11.5 Å². The molecule has 0 atom stereocenters. The van der Waals surface area contributed by atoms with Crippen LogP contribution in [0, 0.1) is 0 Å². The molecule has 25 heavy (non-hydrogen) atoms. The van der Waals surface area contributed by atoms with Gasteiger partial charge in [0.05, 0.1) is 26.4 Å². The predicted octanol–water partition coefficient (Wildman–Crippen LogP) is 2.52. The number of carbonyl (C=O) groups excluding carboxylic acids is 2. The molecular formula is C18H27NO6. The summed E-state index contributed by atoms with van der Waals surface area (Å²) in [5.41, 5.74) is 0.272. The van der Waals surface area contributed by atoms with Crippen molar-refractivity contribution < 1.29 is 28.5 Å². The van der Waals surface area contributed by atoms with E-state index in [0.717, 1.165) is 13.0 Å². The molecule has 0 radical (unpaired) electrons. The highest BCUT2D eigenvalue weighted by Crippen LogP contribution is 2.39. The van der Waals surface area contributed by atoms with Crippen LogP contribution in [0.2, 0.25) is 0 Å². The minimum absolute atomic E-state index is 0.160. The molecular weight excluding hydrogens is 326 g/mol. The zero-order valence-corrected chi connectivity index (χ0v) is 15.6. The van der Waals surface area contributed by atoms with Crippen LogP contribution in [0.1, 0.15) is 36.5 Å². The molecule has 0 amide bonds. The van der Waals surface area contributed by atoms with Crippen LogP contribution in [0.4, 0.5) is 0 Å². The Morgan fingerprint density at radius 1 is 1.08 bits per heavy atom. The van der Waals surface area contributed by atoms with Gasteiger partial charge >= 0.3 is 11.9 Å². The highest BCUT2D eigenvalue weighted by atomic mass is 16.6. The maximum absolute atomic E-state index is 12.2. The second kappa shape index (κ2) is 10.6. The average Bonchev–Trinajstić information content (AvgIpc) is 2.58. The summed E-state index contributed by atoms with van der Waals surface area (Å²) >= 11 is 0. The van der Waals surface area contributed by atoms with Gasteiger partial charge in [-0.1, -0.05) is 6.92 Å². The van der Waals surface area contributed by atoms with Crippen molar-refractivity contribution in [1.82, 2.24) is 4.90 Å². The molecule has 140 valence electrons. The first-order chi connectivity index (χ1) is 11.9. The lowest BCUT2D eigenvalue weighted by Gasteiger charge is -2.15. The van der Waals surface area contributed by atoms with Crippen LogP contribution in [0.3, 0.4) is 0 Å². The molecule has 1 rings (SSSR count). The fourth-order valence-corrected chi connectivity index (χ4v) is 2.10.